The fourth-order valence-electron chi connectivity index (χ4n) is 10.5. The summed E-state index contributed by atoms with van der Waals surface area (Å²) in [6.45, 7) is 5.00. The van der Waals surface area contributed by atoms with E-state index < -0.39 is 34.9 Å². The Labute approximate surface area is 513 Å². The summed E-state index contributed by atoms with van der Waals surface area (Å²) in [4.78, 5) is 43.9. The maximum atomic E-state index is 13.4. The van der Waals surface area contributed by atoms with Crippen molar-refractivity contribution in [1.29, 1.82) is 5.26 Å². The summed E-state index contributed by atoms with van der Waals surface area (Å²) in [5.41, 5.74) is 10.6. The minimum atomic E-state index is -0.816. The molecule has 0 spiro atoms. The number of piperidine rings is 3. The number of hydrogen-bond donors (Lipinski definition) is 3. The van der Waals surface area contributed by atoms with Crippen molar-refractivity contribution in [3.63, 3.8) is 0 Å². The Morgan fingerprint density at radius 3 is 1.56 bits per heavy atom. The van der Waals surface area contributed by atoms with Gasteiger partial charge in [0.25, 0.3) is 0 Å². The fourth-order valence-corrected chi connectivity index (χ4v) is 10.5. The molecule has 3 saturated heterocycles. The zero-order valence-corrected chi connectivity index (χ0v) is 49.1. The lowest BCUT2D eigenvalue weighted by molar-refractivity contribution is 0.251. The molecule has 25 heteroatoms. The third kappa shape index (κ3) is 18.2. The van der Waals surface area contributed by atoms with Gasteiger partial charge in [0.1, 0.15) is 6.61 Å². The lowest BCUT2D eigenvalue weighted by Gasteiger charge is -2.30. The van der Waals surface area contributed by atoms with Crippen LogP contribution in [0.5, 0.6) is 5.88 Å². The molecule has 468 valence electrons. The predicted octanol–water partition coefficient (Wildman–Crippen LogP) is 10.8. The topological polar surface area (TPSA) is 247 Å². The number of rotatable bonds is 14. The van der Waals surface area contributed by atoms with Gasteiger partial charge >= 0.3 is 12.0 Å². The third-order valence-corrected chi connectivity index (χ3v) is 15.6. The number of nitrogens with two attached hydrogens (primary N) is 1. The number of H-pyrrole nitrogens is 1. The molecule has 0 atom stereocenters. The number of oxime groups is 1. The van der Waals surface area contributed by atoms with Crippen molar-refractivity contribution in [2.24, 2.45) is 35.7 Å². The van der Waals surface area contributed by atoms with Gasteiger partial charge in [0, 0.05) is 99.8 Å². The molecule has 5 aromatic heterocycles. The number of halogens is 6. The van der Waals surface area contributed by atoms with Crippen LogP contribution in [0.3, 0.4) is 0 Å². The number of anilines is 2. The Bertz CT molecular complexity index is 3970. The van der Waals surface area contributed by atoms with E-state index in [-0.39, 0.29) is 17.0 Å². The van der Waals surface area contributed by atoms with Gasteiger partial charge in [-0.3, -0.25) is 9.59 Å². The van der Waals surface area contributed by atoms with Crippen molar-refractivity contribution >= 4 is 17.9 Å². The molecule has 12 rings (SSSR count). The first kappa shape index (κ1) is 64.2. The minimum absolute atomic E-state index is 0.0251. The summed E-state index contributed by atoms with van der Waals surface area (Å²) >= 11 is 0. The number of aryl methyl sites for hydroxylation is 1. The van der Waals surface area contributed by atoms with E-state index in [9.17, 15) is 35.9 Å². The first-order chi connectivity index (χ1) is 43.5. The van der Waals surface area contributed by atoms with Crippen LogP contribution in [-0.4, -0.2) is 90.0 Å². The summed E-state index contributed by atoms with van der Waals surface area (Å²) in [5, 5.41) is 28.1. The molecule has 0 bridgehead atoms. The number of amidine groups is 1. The third-order valence-electron chi connectivity index (χ3n) is 15.6. The number of nitrogens with zero attached hydrogens (tertiary/aromatic N) is 11. The SMILES string of the molecule is Cn1cc(-c2noc(N3CCC(Cc4ccc(F)c(F)c4)CC3)n2)ccc1=O.N#CN1CCC(Cc2ccc(F)c(F)c2)CC1.NC(=NO)c1ccc(OCc2ccccc2)nc1.O=c1ccc(-c2noc(N3CCC(Cc4ccc(F)c(F)c4)CC3)n2)c[nH]1. The second-order valence-electron chi connectivity index (χ2n) is 22.0. The number of hydrogen-bond acceptors (Lipinski definition) is 16. The molecule has 3 aliphatic heterocycles. The van der Waals surface area contributed by atoms with E-state index in [1.807, 2.05) is 40.1 Å². The van der Waals surface area contributed by atoms with Gasteiger partial charge in [0.05, 0.1) is 0 Å². The number of pyridine rings is 3. The van der Waals surface area contributed by atoms with Crippen LogP contribution in [-0.2, 0) is 32.9 Å². The van der Waals surface area contributed by atoms with Gasteiger partial charge < -0.3 is 49.0 Å². The van der Waals surface area contributed by atoms with Gasteiger partial charge in [-0.25, -0.2) is 31.3 Å². The van der Waals surface area contributed by atoms with E-state index in [1.165, 1.54) is 59.3 Å². The molecule has 4 aromatic carbocycles. The van der Waals surface area contributed by atoms with E-state index in [4.69, 9.17) is 30.0 Å². The van der Waals surface area contributed by atoms with E-state index >= 15 is 0 Å². The predicted molar refractivity (Wildman–Crippen MR) is 323 cm³/mol. The second kappa shape index (κ2) is 31.1. The number of aromatic nitrogens is 7. The summed E-state index contributed by atoms with van der Waals surface area (Å²) in [7, 11) is 1.67. The molecule has 0 unspecified atom stereocenters. The molecular weight excluding hydrogens is 1170 g/mol. The van der Waals surface area contributed by atoms with Crippen molar-refractivity contribution in [1.82, 2.24) is 39.7 Å². The average Bonchev–Trinajstić information content (AvgIpc) is 4.47. The van der Waals surface area contributed by atoms with Gasteiger partial charge in [-0.2, -0.15) is 15.2 Å². The maximum absolute atomic E-state index is 13.4. The van der Waals surface area contributed by atoms with Crippen LogP contribution in [0.4, 0.5) is 38.4 Å². The average molecular weight is 1240 g/mol. The zero-order chi connectivity index (χ0) is 63.5. The summed E-state index contributed by atoms with van der Waals surface area (Å²) < 4.78 is 96.3. The monoisotopic (exact) mass is 1240 g/mol. The van der Waals surface area contributed by atoms with Crippen molar-refractivity contribution in [2.45, 2.75) is 64.4 Å². The molecule has 19 nitrogen and oxygen atoms in total. The quantitative estimate of drug-likeness (QED) is 0.0229. The maximum Gasteiger partial charge on any atom is 0.324 e. The number of nitriles is 1. The molecule has 0 amide bonds. The minimum Gasteiger partial charge on any atom is -0.473 e. The number of nitrogens with one attached hydrogen (secondary N) is 1. The fraction of sp³-hybridized carbons (Fsp3) is 0.308. The summed E-state index contributed by atoms with van der Waals surface area (Å²) in [6.07, 6.45) is 14.5. The molecule has 9 aromatic rings. The summed E-state index contributed by atoms with van der Waals surface area (Å²) in [6, 6.07) is 32.5. The zero-order valence-electron chi connectivity index (χ0n) is 49.1. The molecule has 4 N–H and O–H groups in total. The molecule has 8 heterocycles. The number of likely N-dealkylation sites (tertiary alicyclic amines) is 1. The number of aromatic amines is 1. The van der Waals surface area contributed by atoms with E-state index in [1.54, 1.807) is 66.8 Å². The number of benzene rings is 4. The number of ether oxygens (including phenoxy) is 1. The van der Waals surface area contributed by atoms with Gasteiger partial charge in [-0.1, -0.05) is 64.0 Å². The van der Waals surface area contributed by atoms with Crippen LogP contribution in [0, 0.1) is 64.1 Å². The van der Waals surface area contributed by atoms with Gasteiger partial charge in [0.2, 0.25) is 28.6 Å². The Kier molecular flexibility index (Phi) is 22.2. The van der Waals surface area contributed by atoms with Crippen LogP contribution in [0.2, 0.25) is 0 Å². The van der Waals surface area contributed by atoms with E-state index in [0.29, 0.717) is 70.6 Å². The summed E-state index contributed by atoms with van der Waals surface area (Å²) in [5.74, 6) is -2.18. The Morgan fingerprint density at radius 1 is 0.633 bits per heavy atom. The molecule has 3 aliphatic rings. The van der Waals surface area contributed by atoms with Crippen LogP contribution >= 0.6 is 0 Å². The van der Waals surface area contributed by atoms with Crippen LogP contribution in [0.1, 0.15) is 66.3 Å². The molecular formula is C65H65F6N13O6. The molecule has 0 aliphatic carbocycles. The van der Waals surface area contributed by atoms with Crippen molar-refractivity contribution in [3.8, 4) is 34.8 Å². The molecule has 0 radical (unpaired) electrons. The lowest BCUT2D eigenvalue weighted by atomic mass is 9.90. The molecule has 0 saturated carbocycles. The first-order valence-electron chi connectivity index (χ1n) is 29.2. The van der Waals surface area contributed by atoms with Crippen LogP contribution < -0.4 is 31.4 Å². The Hall–Kier alpha value is -10.3. The van der Waals surface area contributed by atoms with Crippen LogP contribution in [0.25, 0.3) is 22.8 Å². The van der Waals surface area contributed by atoms with Crippen molar-refractivity contribution in [2.75, 3.05) is 49.1 Å². The van der Waals surface area contributed by atoms with E-state index in [0.717, 1.165) is 119 Å². The van der Waals surface area contributed by atoms with Crippen LogP contribution in [0.15, 0.2) is 164 Å². The largest absolute Gasteiger partial charge is 0.473 e. The highest BCUT2D eigenvalue weighted by molar-refractivity contribution is 5.96. The first-order valence-corrected chi connectivity index (χ1v) is 29.2. The van der Waals surface area contributed by atoms with Gasteiger partial charge in [-0.15, -0.1) is 0 Å². The normalized spacial score (nSPS) is 14.7. The second-order valence-corrected chi connectivity index (χ2v) is 22.0. The smallest absolute Gasteiger partial charge is 0.324 e. The standard InChI is InChI=1S/C20H20F2N4O2.C19H18F2N4O2.C13H14F2N2.C13H13N3O2/c1-25-12-15(3-5-18(25)27)19-23-20(28-24-19)26-8-6-13(7-9-26)10-14-2-4-16(21)17(22)11-14;20-15-3-1-13(10-16(15)21)9-12-5-7-25(8-6-12)19-23-18(24-27-19)14-2-4-17(26)22-11-14;14-12-2-1-11(8-13(12)15)7-10-3-5-17(9-16)6-4-10;14-13(16-17)11-6-7-12(15-8-11)18-9-10-4-2-1-3-5-10/h2-5,11-13H,6-10H2,1H3;1-4,10-12H,5-9H2,(H,22,26);1-2,8,10H,3-7H2;1-8,17H,9H2,(H2,14,16). The van der Waals surface area contributed by atoms with Gasteiger partial charge in [0.15, 0.2) is 46.9 Å². The highest BCUT2D eigenvalue weighted by Crippen LogP contribution is 2.30. The van der Waals surface area contributed by atoms with Crippen molar-refractivity contribution in [3.05, 3.63) is 223 Å². The lowest BCUT2D eigenvalue weighted by Crippen LogP contribution is -2.34. The Morgan fingerprint density at radius 2 is 1.12 bits per heavy atom. The molecule has 90 heavy (non-hydrogen) atoms. The van der Waals surface area contributed by atoms with Crippen molar-refractivity contribution < 1.29 is 45.3 Å². The van der Waals surface area contributed by atoms with E-state index in [2.05, 4.69) is 41.6 Å². The van der Waals surface area contributed by atoms with Gasteiger partial charge in [-0.05, 0) is 152 Å². The highest BCUT2D eigenvalue weighted by atomic mass is 19.2. The molecule has 3 fully saturated rings. The highest BCUT2D eigenvalue weighted by Gasteiger charge is 2.26. The Balaban J connectivity index is 0.000000146.